The zero-order valence-electron chi connectivity index (χ0n) is 13.5. The lowest BCUT2D eigenvalue weighted by molar-refractivity contribution is -0.138. The second kappa shape index (κ2) is 7.44. The highest BCUT2D eigenvalue weighted by molar-refractivity contribution is 5.79. The van der Waals surface area contributed by atoms with Gasteiger partial charge in [-0.25, -0.2) is 0 Å². The average Bonchev–Trinajstić information content (AvgIpc) is 2.44. The van der Waals surface area contributed by atoms with Crippen molar-refractivity contribution >= 4 is 5.91 Å². The number of unbranched alkanes of at least 4 members (excludes halogenated alkanes) is 1. The van der Waals surface area contributed by atoms with Crippen LogP contribution in [0.3, 0.4) is 0 Å². The van der Waals surface area contributed by atoms with Crippen LogP contribution in [0, 0.1) is 11.8 Å². The lowest BCUT2D eigenvalue weighted by Gasteiger charge is -2.39. The molecule has 3 nitrogen and oxygen atoms in total. The summed E-state index contributed by atoms with van der Waals surface area (Å²) >= 11 is 0. The summed E-state index contributed by atoms with van der Waals surface area (Å²) in [6.07, 6.45) is 8.83. The Hall–Kier alpha value is -0.570. The maximum atomic E-state index is 12.7. The van der Waals surface area contributed by atoms with E-state index >= 15 is 0 Å². The molecule has 2 rings (SSSR count). The largest absolute Gasteiger partial charge is 0.339 e. The molecule has 1 N–H and O–H groups in total. The second-order valence-electron chi connectivity index (χ2n) is 7.07. The fraction of sp³-hybridized carbons (Fsp3) is 0.941. The summed E-state index contributed by atoms with van der Waals surface area (Å²) in [4.78, 5) is 14.8. The summed E-state index contributed by atoms with van der Waals surface area (Å²) in [5.41, 5.74) is 0. The van der Waals surface area contributed by atoms with E-state index in [9.17, 15) is 4.79 Å². The first-order valence-corrected chi connectivity index (χ1v) is 8.65. The molecule has 1 aliphatic carbocycles. The monoisotopic (exact) mass is 280 g/mol. The van der Waals surface area contributed by atoms with E-state index in [0.717, 1.165) is 31.8 Å². The molecule has 0 spiro atoms. The zero-order valence-corrected chi connectivity index (χ0v) is 13.5. The fourth-order valence-electron chi connectivity index (χ4n) is 3.96. The molecule has 2 unspecified atom stereocenters. The van der Waals surface area contributed by atoms with Crippen LogP contribution in [0.4, 0.5) is 0 Å². The van der Waals surface area contributed by atoms with Gasteiger partial charge in [0.15, 0.2) is 0 Å². The quantitative estimate of drug-likeness (QED) is 0.857. The Morgan fingerprint density at radius 3 is 2.25 bits per heavy atom. The van der Waals surface area contributed by atoms with Crippen molar-refractivity contribution in [2.75, 3.05) is 13.1 Å². The van der Waals surface area contributed by atoms with Gasteiger partial charge in [0.1, 0.15) is 0 Å². The summed E-state index contributed by atoms with van der Waals surface area (Å²) in [6.45, 7) is 8.40. The van der Waals surface area contributed by atoms with E-state index < -0.39 is 0 Å². The van der Waals surface area contributed by atoms with Gasteiger partial charge in [-0.3, -0.25) is 4.79 Å². The van der Waals surface area contributed by atoms with Crippen molar-refractivity contribution < 1.29 is 4.79 Å². The number of carbonyl (C=O) groups excluding carboxylic acids is 1. The summed E-state index contributed by atoms with van der Waals surface area (Å²) < 4.78 is 0. The molecule has 2 fully saturated rings. The highest BCUT2D eigenvalue weighted by Gasteiger charge is 2.32. The number of hydrogen-bond acceptors (Lipinski definition) is 2. The predicted molar refractivity (Wildman–Crippen MR) is 83.6 cm³/mol. The van der Waals surface area contributed by atoms with Crippen LogP contribution >= 0.6 is 0 Å². The van der Waals surface area contributed by atoms with E-state index in [1.165, 1.54) is 32.1 Å². The lowest BCUT2D eigenvalue weighted by Crippen LogP contribution is -2.57. The average molecular weight is 280 g/mol. The third-order valence-corrected chi connectivity index (χ3v) is 5.03. The molecule has 1 heterocycles. The number of carbonyl (C=O) groups is 1. The Bertz CT molecular complexity index is 300. The van der Waals surface area contributed by atoms with E-state index in [1.807, 2.05) is 0 Å². The topological polar surface area (TPSA) is 32.3 Å². The van der Waals surface area contributed by atoms with Crippen molar-refractivity contribution in [1.82, 2.24) is 10.2 Å². The molecule has 1 saturated heterocycles. The molecule has 0 aromatic carbocycles. The SMILES string of the molecule is CCCCC1CCC(C(=O)N2CC(C)NC(C)C2)CC1. The Kier molecular flexibility index (Phi) is 5.88. The predicted octanol–water partition coefficient (Wildman–Crippen LogP) is 3.19. The number of nitrogens with one attached hydrogen (secondary N) is 1. The summed E-state index contributed by atoms with van der Waals surface area (Å²) in [7, 11) is 0. The maximum Gasteiger partial charge on any atom is 0.225 e. The number of piperazine rings is 1. The number of amides is 1. The summed E-state index contributed by atoms with van der Waals surface area (Å²) in [6, 6.07) is 0.868. The Balaban J connectivity index is 1.79. The Labute approximate surface area is 124 Å². The number of nitrogens with zero attached hydrogens (tertiary/aromatic N) is 1. The van der Waals surface area contributed by atoms with Crippen LogP contribution < -0.4 is 5.32 Å². The second-order valence-corrected chi connectivity index (χ2v) is 7.07. The summed E-state index contributed by atoms with van der Waals surface area (Å²) in [5, 5.41) is 3.50. The molecule has 1 aliphatic heterocycles. The number of rotatable bonds is 4. The third-order valence-electron chi connectivity index (χ3n) is 5.03. The van der Waals surface area contributed by atoms with Gasteiger partial charge in [0.05, 0.1) is 0 Å². The molecule has 1 amide bonds. The third kappa shape index (κ3) is 4.21. The first kappa shape index (κ1) is 15.8. The van der Waals surface area contributed by atoms with E-state index in [-0.39, 0.29) is 0 Å². The van der Waals surface area contributed by atoms with Crippen molar-refractivity contribution in [1.29, 1.82) is 0 Å². The molecule has 0 aromatic rings. The van der Waals surface area contributed by atoms with Crippen molar-refractivity contribution in [2.24, 2.45) is 11.8 Å². The molecule has 116 valence electrons. The van der Waals surface area contributed by atoms with E-state index in [1.54, 1.807) is 0 Å². The van der Waals surface area contributed by atoms with Crippen molar-refractivity contribution in [3.63, 3.8) is 0 Å². The zero-order chi connectivity index (χ0) is 14.5. The van der Waals surface area contributed by atoms with Crippen LogP contribution in [0.25, 0.3) is 0 Å². The van der Waals surface area contributed by atoms with Crippen LogP contribution in [0.15, 0.2) is 0 Å². The molecule has 0 radical (unpaired) electrons. The molecule has 1 saturated carbocycles. The molecule has 2 aliphatic rings. The lowest BCUT2D eigenvalue weighted by atomic mass is 9.79. The first-order valence-electron chi connectivity index (χ1n) is 8.65. The highest BCUT2D eigenvalue weighted by atomic mass is 16.2. The molecule has 20 heavy (non-hydrogen) atoms. The number of hydrogen-bond donors (Lipinski definition) is 1. The van der Waals surface area contributed by atoms with Gasteiger partial charge in [0, 0.05) is 31.1 Å². The van der Waals surface area contributed by atoms with E-state index in [0.29, 0.717) is 23.9 Å². The normalized spacial score (nSPS) is 35.0. The molecule has 0 bridgehead atoms. The van der Waals surface area contributed by atoms with Gasteiger partial charge < -0.3 is 10.2 Å². The van der Waals surface area contributed by atoms with Crippen LogP contribution in [-0.2, 0) is 4.79 Å². The minimum absolute atomic E-state index is 0.311. The van der Waals surface area contributed by atoms with E-state index in [2.05, 4.69) is 31.0 Å². The van der Waals surface area contributed by atoms with Crippen LogP contribution in [0.5, 0.6) is 0 Å². The van der Waals surface area contributed by atoms with Crippen molar-refractivity contribution in [2.45, 2.75) is 77.8 Å². The van der Waals surface area contributed by atoms with Gasteiger partial charge in [0.2, 0.25) is 5.91 Å². The minimum atomic E-state index is 0.311. The minimum Gasteiger partial charge on any atom is -0.339 e. The smallest absolute Gasteiger partial charge is 0.225 e. The van der Waals surface area contributed by atoms with Crippen molar-refractivity contribution in [3.8, 4) is 0 Å². The molecule has 0 aromatic heterocycles. The van der Waals surface area contributed by atoms with Crippen LogP contribution in [0.2, 0.25) is 0 Å². The van der Waals surface area contributed by atoms with Gasteiger partial charge in [0.25, 0.3) is 0 Å². The van der Waals surface area contributed by atoms with Gasteiger partial charge >= 0.3 is 0 Å². The molecule has 2 atom stereocenters. The Morgan fingerprint density at radius 2 is 1.70 bits per heavy atom. The van der Waals surface area contributed by atoms with Crippen LogP contribution in [0.1, 0.15) is 65.7 Å². The maximum absolute atomic E-state index is 12.7. The van der Waals surface area contributed by atoms with Gasteiger partial charge in [-0.15, -0.1) is 0 Å². The highest BCUT2D eigenvalue weighted by Crippen LogP contribution is 2.33. The Morgan fingerprint density at radius 1 is 1.10 bits per heavy atom. The molecular formula is C17H32N2O. The van der Waals surface area contributed by atoms with Gasteiger partial charge in [-0.1, -0.05) is 26.2 Å². The molecule has 3 heteroatoms. The van der Waals surface area contributed by atoms with Gasteiger partial charge in [-0.05, 0) is 45.4 Å². The van der Waals surface area contributed by atoms with E-state index in [4.69, 9.17) is 0 Å². The summed E-state index contributed by atoms with van der Waals surface area (Å²) in [5.74, 6) is 1.63. The van der Waals surface area contributed by atoms with Crippen molar-refractivity contribution in [3.05, 3.63) is 0 Å². The first-order chi connectivity index (χ1) is 9.60. The molecular weight excluding hydrogens is 248 g/mol. The fourth-order valence-corrected chi connectivity index (χ4v) is 3.96. The standard InChI is InChI=1S/C17H32N2O/c1-4-5-6-15-7-9-16(10-8-15)17(20)19-11-13(2)18-14(3)12-19/h13-16,18H,4-12H2,1-3H3. The van der Waals surface area contributed by atoms with Crippen LogP contribution in [-0.4, -0.2) is 36.0 Å². The van der Waals surface area contributed by atoms with Gasteiger partial charge in [-0.2, -0.15) is 0 Å².